The minimum absolute atomic E-state index is 0.0807. The van der Waals surface area contributed by atoms with E-state index >= 15 is 0 Å². The van der Waals surface area contributed by atoms with Crippen molar-refractivity contribution in [2.75, 3.05) is 13.2 Å². The first kappa shape index (κ1) is 77.6. The van der Waals surface area contributed by atoms with Crippen molar-refractivity contribution in [1.82, 2.24) is 0 Å². The smallest absolute Gasteiger partial charge is 0.306 e. The molecule has 81 heavy (non-hydrogen) atoms. The van der Waals surface area contributed by atoms with Gasteiger partial charge in [0.15, 0.2) is 6.10 Å². The van der Waals surface area contributed by atoms with Gasteiger partial charge in [-0.2, -0.15) is 0 Å². The Balaban J connectivity index is 4.19. The fourth-order valence-corrected chi connectivity index (χ4v) is 10.2. The number of esters is 3. The first-order valence-corrected chi connectivity index (χ1v) is 35.1. The Morgan fingerprint density at radius 2 is 0.481 bits per heavy atom. The molecule has 0 rings (SSSR count). The van der Waals surface area contributed by atoms with Crippen molar-refractivity contribution in [3.63, 3.8) is 0 Å². The van der Waals surface area contributed by atoms with Gasteiger partial charge in [0.2, 0.25) is 0 Å². The summed E-state index contributed by atoms with van der Waals surface area (Å²) in [6, 6.07) is 0. The maximum Gasteiger partial charge on any atom is 0.306 e. The van der Waals surface area contributed by atoms with Gasteiger partial charge in [0, 0.05) is 19.3 Å². The number of hydrogen-bond acceptors (Lipinski definition) is 6. The maximum atomic E-state index is 12.9. The van der Waals surface area contributed by atoms with E-state index < -0.39 is 6.10 Å². The van der Waals surface area contributed by atoms with Gasteiger partial charge in [-0.3, -0.25) is 14.4 Å². The molecule has 6 heteroatoms. The molecule has 0 saturated heterocycles. The molecular weight excluding hydrogens is 997 g/mol. The Morgan fingerprint density at radius 1 is 0.259 bits per heavy atom. The van der Waals surface area contributed by atoms with Gasteiger partial charge < -0.3 is 14.2 Å². The second-order valence-electron chi connectivity index (χ2n) is 23.4. The molecule has 0 radical (unpaired) electrons. The molecule has 0 aromatic heterocycles. The molecule has 0 aliphatic rings. The lowest BCUT2D eigenvalue weighted by Crippen LogP contribution is -2.30. The number of carbonyl (C=O) groups excluding carboxylic acids is 3. The fourth-order valence-electron chi connectivity index (χ4n) is 10.2. The number of unbranched alkanes of at least 4 members (excludes halogenated alkanes) is 39. The molecule has 0 spiro atoms. The molecule has 0 aromatic carbocycles. The first-order valence-electron chi connectivity index (χ1n) is 35.1. The summed E-state index contributed by atoms with van der Waals surface area (Å²) in [6.07, 6.45) is 92.0. The van der Waals surface area contributed by atoms with Crippen molar-refractivity contribution in [2.45, 2.75) is 361 Å². The average molecular weight is 1130 g/mol. The van der Waals surface area contributed by atoms with Gasteiger partial charge in [0.1, 0.15) is 13.2 Å². The van der Waals surface area contributed by atoms with E-state index in [0.29, 0.717) is 19.3 Å². The first-order chi connectivity index (χ1) is 40.0. The molecule has 0 heterocycles. The van der Waals surface area contributed by atoms with Crippen LogP contribution in [0.15, 0.2) is 85.1 Å². The van der Waals surface area contributed by atoms with Crippen LogP contribution in [-0.4, -0.2) is 37.2 Å². The molecule has 0 amide bonds. The monoisotopic (exact) mass is 1130 g/mol. The van der Waals surface area contributed by atoms with E-state index in [0.717, 1.165) is 109 Å². The largest absolute Gasteiger partial charge is 0.462 e. The summed E-state index contributed by atoms with van der Waals surface area (Å²) in [5, 5.41) is 0. The van der Waals surface area contributed by atoms with Crippen molar-refractivity contribution < 1.29 is 28.6 Å². The molecule has 468 valence electrons. The van der Waals surface area contributed by atoms with E-state index in [1.807, 2.05) is 0 Å². The van der Waals surface area contributed by atoms with Crippen molar-refractivity contribution in [3.05, 3.63) is 85.1 Å². The molecule has 0 saturated carbocycles. The summed E-state index contributed by atoms with van der Waals surface area (Å²) in [5.74, 6) is -0.890. The van der Waals surface area contributed by atoms with Gasteiger partial charge in [-0.1, -0.05) is 331 Å². The van der Waals surface area contributed by atoms with Crippen molar-refractivity contribution >= 4 is 17.9 Å². The van der Waals surface area contributed by atoms with Crippen LogP contribution in [0.5, 0.6) is 0 Å². The summed E-state index contributed by atoms with van der Waals surface area (Å²) < 4.78 is 16.9. The standard InChI is InChI=1S/C75H132O6/c1-4-7-10-13-16-19-22-25-27-29-31-32-33-34-35-36-37-38-39-40-41-42-44-45-47-50-53-56-59-62-65-68-74(77)80-71-72(70-79-73(76)67-64-61-58-55-52-49-24-21-18-15-12-9-6-3)81-75(78)69-66-63-60-57-54-51-48-46-43-30-28-26-23-20-17-14-11-8-5-2/h7,9-10,12,16,18-19,21,25,27,31-32,49,52,72H,4-6,8,11,13-15,17,20,22-24,26,28-30,33-48,50-51,53-71H2,1-3H3/b10-7-,12-9-,19-16-,21-18-,27-25-,32-31-,52-49-. The Bertz CT molecular complexity index is 1530. The zero-order valence-corrected chi connectivity index (χ0v) is 53.8. The van der Waals surface area contributed by atoms with Gasteiger partial charge >= 0.3 is 17.9 Å². The van der Waals surface area contributed by atoms with E-state index in [1.54, 1.807) is 0 Å². The van der Waals surface area contributed by atoms with E-state index in [4.69, 9.17) is 14.2 Å². The number of hydrogen-bond donors (Lipinski definition) is 0. The lowest BCUT2D eigenvalue weighted by atomic mass is 10.0. The minimum atomic E-state index is -0.786. The molecule has 0 aliphatic carbocycles. The molecule has 6 nitrogen and oxygen atoms in total. The summed E-state index contributed by atoms with van der Waals surface area (Å²) >= 11 is 0. The highest BCUT2D eigenvalue weighted by Crippen LogP contribution is 2.18. The summed E-state index contributed by atoms with van der Waals surface area (Å²) in [7, 11) is 0. The fraction of sp³-hybridized carbons (Fsp3) is 0.773. The van der Waals surface area contributed by atoms with Crippen LogP contribution in [0.3, 0.4) is 0 Å². The molecule has 0 fully saturated rings. The van der Waals surface area contributed by atoms with Crippen molar-refractivity contribution in [3.8, 4) is 0 Å². The predicted octanol–water partition coefficient (Wildman–Crippen LogP) is 24.2. The summed E-state index contributed by atoms with van der Waals surface area (Å²) in [5.41, 5.74) is 0. The highest BCUT2D eigenvalue weighted by atomic mass is 16.6. The highest BCUT2D eigenvalue weighted by Gasteiger charge is 2.19. The van der Waals surface area contributed by atoms with Crippen LogP contribution in [0.2, 0.25) is 0 Å². The van der Waals surface area contributed by atoms with Crippen molar-refractivity contribution in [1.29, 1.82) is 0 Å². The third kappa shape index (κ3) is 67.3. The molecule has 0 aromatic rings. The molecule has 0 aliphatic heterocycles. The average Bonchev–Trinajstić information content (AvgIpc) is 3.46. The SMILES string of the molecule is CC/C=C\C/C=C\C/C=C\C/C=C\CCCCCCCCCCCCCCCCCCCCC(=O)OCC(COC(=O)CCCCC/C=C\C/C=C\C/C=C\CC)OC(=O)CCCCCCCCCCCCCCCCCCCCC. The number of ether oxygens (including phenoxy) is 3. The highest BCUT2D eigenvalue weighted by molar-refractivity contribution is 5.71. The number of allylic oxidation sites excluding steroid dienone is 14. The van der Waals surface area contributed by atoms with Crippen LogP contribution in [0.25, 0.3) is 0 Å². The van der Waals surface area contributed by atoms with Gasteiger partial charge in [-0.05, 0) is 89.9 Å². The molecule has 0 bridgehead atoms. The van der Waals surface area contributed by atoms with Crippen LogP contribution < -0.4 is 0 Å². The van der Waals surface area contributed by atoms with E-state index in [9.17, 15) is 14.4 Å². The second-order valence-corrected chi connectivity index (χ2v) is 23.4. The van der Waals surface area contributed by atoms with Gasteiger partial charge in [-0.25, -0.2) is 0 Å². The third-order valence-corrected chi connectivity index (χ3v) is 15.4. The number of carbonyl (C=O) groups is 3. The van der Waals surface area contributed by atoms with Gasteiger partial charge in [-0.15, -0.1) is 0 Å². The van der Waals surface area contributed by atoms with Crippen molar-refractivity contribution in [2.24, 2.45) is 0 Å². The van der Waals surface area contributed by atoms with Crippen LogP contribution >= 0.6 is 0 Å². The minimum Gasteiger partial charge on any atom is -0.462 e. The van der Waals surface area contributed by atoms with Gasteiger partial charge in [0.05, 0.1) is 0 Å². The van der Waals surface area contributed by atoms with Crippen LogP contribution in [0, 0.1) is 0 Å². The zero-order chi connectivity index (χ0) is 58.5. The molecule has 1 atom stereocenters. The lowest BCUT2D eigenvalue weighted by Gasteiger charge is -2.18. The quantitative estimate of drug-likeness (QED) is 0.0261. The van der Waals surface area contributed by atoms with Crippen LogP contribution in [-0.2, 0) is 28.6 Å². The number of rotatable bonds is 64. The lowest BCUT2D eigenvalue weighted by molar-refractivity contribution is -0.167. The molecule has 1 unspecified atom stereocenters. The van der Waals surface area contributed by atoms with E-state index in [1.165, 1.54) is 205 Å². The normalized spacial score (nSPS) is 12.6. The topological polar surface area (TPSA) is 78.9 Å². The summed E-state index contributed by atoms with van der Waals surface area (Å²) in [4.78, 5) is 38.4. The van der Waals surface area contributed by atoms with Crippen LogP contribution in [0.4, 0.5) is 0 Å². The Hall–Kier alpha value is -3.41. The second kappa shape index (κ2) is 69.1. The maximum absolute atomic E-state index is 12.9. The Labute approximate surface area is 503 Å². The van der Waals surface area contributed by atoms with Crippen LogP contribution in [0.1, 0.15) is 355 Å². The Morgan fingerprint density at radius 3 is 0.765 bits per heavy atom. The summed E-state index contributed by atoms with van der Waals surface area (Å²) in [6.45, 7) is 6.44. The third-order valence-electron chi connectivity index (χ3n) is 15.4. The zero-order valence-electron chi connectivity index (χ0n) is 53.8. The van der Waals surface area contributed by atoms with E-state index in [-0.39, 0.29) is 31.1 Å². The molecule has 0 N–H and O–H groups in total. The Kier molecular flexibility index (Phi) is 66.2. The van der Waals surface area contributed by atoms with Gasteiger partial charge in [0.25, 0.3) is 0 Å². The predicted molar refractivity (Wildman–Crippen MR) is 353 cm³/mol. The van der Waals surface area contributed by atoms with E-state index in [2.05, 4.69) is 106 Å². The molecular formula is C75H132O6.